The molecule has 0 heterocycles. The van der Waals surface area contributed by atoms with Crippen molar-refractivity contribution in [3.63, 3.8) is 0 Å². The van der Waals surface area contributed by atoms with E-state index in [1.165, 1.54) is 22.3 Å². The standard InChI is InChI=1S/C33H54O2/c1-21(2)26-12-27(22(3)4)17-32(34,16-26)31(15-25(9)14-30(10,11)20-31)33(35)18-28(23(5)6)13-29(19-33)24(7)8/h12-13,16,18,21-25,34-35H,14-15,17,19-20H2,1-11H3. The highest BCUT2D eigenvalue weighted by Gasteiger charge is 2.64. The summed E-state index contributed by atoms with van der Waals surface area (Å²) < 4.78 is 0. The Balaban J connectivity index is 2.32. The van der Waals surface area contributed by atoms with Crippen molar-refractivity contribution in [3.8, 4) is 0 Å². The molecule has 2 heteroatoms. The predicted octanol–water partition coefficient (Wildman–Crippen LogP) is 8.42. The van der Waals surface area contributed by atoms with Gasteiger partial charge in [0.05, 0.1) is 11.2 Å². The zero-order valence-corrected chi connectivity index (χ0v) is 24.6. The average Bonchev–Trinajstić information content (AvgIpc) is 2.71. The van der Waals surface area contributed by atoms with Crippen LogP contribution in [0.15, 0.2) is 46.6 Å². The predicted molar refractivity (Wildman–Crippen MR) is 150 cm³/mol. The smallest absolute Gasteiger partial charge is 0.0957 e. The molecular weight excluding hydrogens is 428 g/mol. The van der Waals surface area contributed by atoms with Gasteiger partial charge in [-0.2, -0.15) is 0 Å². The highest BCUT2D eigenvalue weighted by atomic mass is 16.3. The molecule has 2 N–H and O–H groups in total. The van der Waals surface area contributed by atoms with Gasteiger partial charge in [0.15, 0.2) is 0 Å². The summed E-state index contributed by atoms with van der Waals surface area (Å²) in [5.41, 5.74) is 2.22. The number of aliphatic hydroxyl groups is 2. The van der Waals surface area contributed by atoms with Crippen molar-refractivity contribution in [2.24, 2.45) is 40.4 Å². The Morgan fingerprint density at radius 3 is 1.40 bits per heavy atom. The van der Waals surface area contributed by atoms with Gasteiger partial charge >= 0.3 is 0 Å². The van der Waals surface area contributed by atoms with Crippen LogP contribution in [0.4, 0.5) is 0 Å². The maximum Gasteiger partial charge on any atom is 0.0957 e. The maximum atomic E-state index is 13.0. The fraction of sp³-hybridized carbons (Fsp3) is 0.758. The third-order valence-corrected chi connectivity index (χ3v) is 9.31. The highest BCUT2D eigenvalue weighted by molar-refractivity contribution is 5.43. The second-order valence-corrected chi connectivity index (χ2v) is 14.5. The summed E-state index contributed by atoms with van der Waals surface area (Å²) in [6.45, 7) is 24.8. The SMILES string of the molecule is CC1CC(C)(C)CC(C2(O)C=C(C(C)C)C=C(C(C)C)C2)(C2(O)C=C(C(C)C)C=C(C(C)C)C2)C1. The van der Waals surface area contributed by atoms with Crippen LogP contribution in [0.2, 0.25) is 0 Å². The lowest BCUT2D eigenvalue weighted by Crippen LogP contribution is -2.65. The van der Waals surface area contributed by atoms with E-state index in [2.05, 4.69) is 100 Å². The van der Waals surface area contributed by atoms with E-state index >= 15 is 0 Å². The summed E-state index contributed by atoms with van der Waals surface area (Å²) in [5, 5.41) is 26.0. The Hall–Kier alpha value is -1.12. The maximum absolute atomic E-state index is 13.0. The molecule has 1 saturated carbocycles. The van der Waals surface area contributed by atoms with Crippen LogP contribution in [-0.2, 0) is 0 Å². The quantitative estimate of drug-likeness (QED) is 0.399. The molecule has 0 spiro atoms. The van der Waals surface area contributed by atoms with Gasteiger partial charge in [-0.3, -0.25) is 0 Å². The van der Waals surface area contributed by atoms with Crippen LogP contribution < -0.4 is 0 Å². The van der Waals surface area contributed by atoms with E-state index in [0.717, 1.165) is 19.3 Å². The van der Waals surface area contributed by atoms with Gasteiger partial charge in [0.2, 0.25) is 0 Å². The number of hydrogen-bond acceptors (Lipinski definition) is 2. The molecule has 3 aliphatic carbocycles. The lowest BCUT2D eigenvalue weighted by Gasteiger charge is -2.62. The first-order valence-corrected chi connectivity index (χ1v) is 14.3. The molecule has 198 valence electrons. The minimum Gasteiger partial charge on any atom is -0.385 e. The lowest BCUT2D eigenvalue weighted by atomic mass is 9.45. The number of hydrogen-bond donors (Lipinski definition) is 2. The molecular formula is C33H54O2. The molecule has 0 aromatic carbocycles. The molecule has 3 rings (SSSR count). The van der Waals surface area contributed by atoms with Crippen molar-refractivity contribution in [1.29, 1.82) is 0 Å². The molecule has 0 amide bonds. The summed E-state index contributed by atoms with van der Waals surface area (Å²) >= 11 is 0. The zero-order chi connectivity index (χ0) is 26.6. The fourth-order valence-corrected chi connectivity index (χ4v) is 7.52. The highest BCUT2D eigenvalue weighted by Crippen LogP contribution is 2.64. The largest absolute Gasteiger partial charge is 0.385 e. The molecule has 3 atom stereocenters. The first-order chi connectivity index (χ1) is 15.9. The van der Waals surface area contributed by atoms with Crippen molar-refractivity contribution in [2.45, 2.75) is 119 Å². The van der Waals surface area contributed by atoms with Crippen LogP contribution in [0.25, 0.3) is 0 Å². The van der Waals surface area contributed by atoms with Gasteiger partial charge < -0.3 is 10.2 Å². The van der Waals surface area contributed by atoms with Crippen molar-refractivity contribution in [2.75, 3.05) is 0 Å². The van der Waals surface area contributed by atoms with E-state index < -0.39 is 16.6 Å². The Bertz CT molecular complexity index is 863. The second-order valence-electron chi connectivity index (χ2n) is 14.5. The molecule has 35 heavy (non-hydrogen) atoms. The van der Waals surface area contributed by atoms with Crippen LogP contribution in [0.1, 0.15) is 108 Å². The van der Waals surface area contributed by atoms with Gasteiger partial charge in [0, 0.05) is 18.3 Å². The van der Waals surface area contributed by atoms with Gasteiger partial charge in [-0.1, -0.05) is 99.5 Å². The van der Waals surface area contributed by atoms with Crippen LogP contribution in [0.3, 0.4) is 0 Å². The van der Waals surface area contributed by atoms with Gasteiger partial charge in [-0.25, -0.2) is 0 Å². The minimum absolute atomic E-state index is 0.0408. The third kappa shape index (κ3) is 5.30. The molecule has 1 fully saturated rings. The van der Waals surface area contributed by atoms with Crippen LogP contribution in [0.5, 0.6) is 0 Å². The van der Waals surface area contributed by atoms with Gasteiger partial charge in [0.25, 0.3) is 0 Å². The monoisotopic (exact) mass is 482 g/mol. The molecule has 2 nitrogen and oxygen atoms in total. The van der Waals surface area contributed by atoms with Crippen molar-refractivity contribution in [3.05, 3.63) is 46.6 Å². The molecule has 0 aromatic heterocycles. The summed E-state index contributed by atoms with van der Waals surface area (Å²) in [6.07, 6.45) is 13.0. The van der Waals surface area contributed by atoms with Crippen LogP contribution in [0, 0.1) is 40.4 Å². The topological polar surface area (TPSA) is 40.5 Å². The first-order valence-electron chi connectivity index (χ1n) is 14.3. The van der Waals surface area contributed by atoms with E-state index in [9.17, 15) is 10.2 Å². The summed E-state index contributed by atoms with van der Waals surface area (Å²) in [5.74, 6) is 1.82. The molecule has 3 unspecified atom stereocenters. The number of rotatable bonds is 6. The van der Waals surface area contributed by atoms with E-state index in [1.54, 1.807) is 0 Å². The minimum atomic E-state index is -1.10. The zero-order valence-electron chi connectivity index (χ0n) is 24.6. The van der Waals surface area contributed by atoms with Gasteiger partial charge in [-0.05, 0) is 77.6 Å². The van der Waals surface area contributed by atoms with Gasteiger partial charge in [-0.15, -0.1) is 0 Å². The average molecular weight is 483 g/mol. The molecule has 0 aromatic rings. The molecule has 3 aliphatic rings. The molecule has 0 radical (unpaired) electrons. The Kier molecular flexibility index (Phi) is 7.84. The van der Waals surface area contributed by atoms with E-state index in [4.69, 9.17) is 0 Å². The lowest BCUT2D eigenvalue weighted by molar-refractivity contribution is -0.198. The third-order valence-electron chi connectivity index (χ3n) is 9.31. The summed E-state index contributed by atoms with van der Waals surface area (Å²) in [7, 11) is 0. The Labute approximate surface area is 216 Å². The normalized spacial score (nSPS) is 35.9. The molecule has 0 saturated heterocycles. The van der Waals surface area contributed by atoms with Crippen LogP contribution in [-0.4, -0.2) is 21.4 Å². The Morgan fingerprint density at radius 2 is 1.09 bits per heavy atom. The van der Waals surface area contributed by atoms with Crippen molar-refractivity contribution < 1.29 is 10.2 Å². The van der Waals surface area contributed by atoms with E-state index in [-0.39, 0.29) is 5.41 Å². The van der Waals surface area contributed by atoms with Gasteiger partial charge in [0.1, 0.15) is 0 Å². The molecule has 0 aliphatic heterocycles. The molecule has 0 bridgehead atoms. The van der Waals surface area contributed by atoms with Crippen molar-refractivity contribution >= 4 is 0 Å². The number of allylic oxidation sites excluding steroid dienone is 4. The van der Waals surface area contributed by atoms with Crippen molar-refractivity contribution in [1.82, 2.24) is 0 Å². The van der Waals surface area contributed by atoms with E-state index in [1.807, 2.05) is 0 Å². The fourth-order valence-electron chi connectivity index (χ4n) is 7.52. The first kappa shape index (κ1) is 28.5. The summed E-state index contributed by atoms with van der Waals surface area (Å²) in [6, 6.07) is 0. The summed E-state index contributed by atoms with van der Waals surface area (Å²) in [4.78, 5) is 0. The van der Waals surface area contributed by atoms with E-state index in [0.29, 0.717) is 42.4 Å². The Morgan fingerprint density at radius 1 is 0.686 bits per heavy atom. The van der Waals surface area contributed by atoms with Crippen LogP contribution >= 0.6 is 0 Å². The second kappa shape index (κ2) is 9.64.